The highest BCUT2D eigenvalue weighted by Gasteiger charge is 2.42. The molecular weight excluding hydrogens is 296 g/mol. The number of aromatic nitrogens is 1. The molecule has 1 aromatic rings. The molecule has 22 heavy (non-hydrogen) atoms. The zero-order chi connectivity index (χ0) is 15.0. The van der Waals surface area contributed by atoms with Gasteiger partial charge in [-0.05, 0) is 32.1 Å². The van der Waals surface area contributed by atoms with E-state index in [1.807, 2.05) is 5.51 Å². The molecule has 1 unspecified atom stereocenters. The van der Waals surface area contributed by atoms with Gasteiger partial charge in [-0.15, -0.1) is 11.3 Å². The van der Waals surface area contributed by atoms with Crippen LogP contribution in [0.3, 0.4) is 0 Å². The van der Waals surface area contributed by atoms with Crippen molar-refractivity contribution in [1.82, 2.24) is 9.88 Å². The van der Waals surface area contributed by atoms with Crippen LogP contribution in [0.5, 0.6) is 0 Å². The lowest BCUT2D eigenvalue weighted by atomic mass is 9.82. The number of nitrogens with zero attached hydrogens (tertiary/aromatic N) is 2. The fraction of sp³-hybridized carbons (Fsp3) is 0.765. The summed E-state index contributed by atoms with van der Waals surface area (Å²) in [7, 11) is 0. The van der Waals surface area contributed by atoms with E-state index in [1.165, 1.54) is 43.4 Å². The van der Waals surface area contributed by atoms with Gasteiger partial charge in [-0.3, -0.25) is 4.79 Å². The van der Waals surface area contributed by atoms with E-state index in [-0.39, 0.29) is 11.3 Å². The minimum atomic E-state index is 0.215. The van der Waals surface area contributed by atoms with Gasteiger partial charge in [0.15, 0.2) is 0 Å². The minimum absolute atomic E-state index is 0.215. The Balaban J connectivity index is 1.49. The highest BCUT2D eigenvalue weighted by Crippen LogP contribution is 2.40. The zero-order valence-corrected chi connectivity index (χ0v) is 13.9. The van der Waals surface area contributed by atoms with Gasteiger partial charge >= 0.3 is 0 Å². The molecule has 1 aliphatic carbocycles. The summed E-state index contributed by atoms with van der Waals surface area (Å²) in [6, 6.07) is 0. The Labute approximate surface area is 135 Å². The van der Waals surface area contributed by atoms with E-state index in [0.29, 0.717) is 5.92 Å². The molecule has 0 aromatic carbocycles. The van der Waals surface area contributed by atoms with E-state index in [0.717, 1.165) is 49.7 Å². The monoisotopic (exact) mass is 320 g/mol. The molecule has 1 saturated carbocycles. The van der Waals surface area contributed by atoms with Crippen molar-refractivity contribution in [1.29, 1.82) is 0 Å². The molecular formula is C17H24N2O2S. The number of hydrogen-bond donors (Lipinski definition) is 0. The third kappa shape index (κ3) is 2.58. The molecule has 4 rings (SSSR count). The Kier molecular flexibility index (Phi) is 3.95. The molecule has 3 aliphatic rings. The van der Waals surface area contributed by atoms with Gasteiger partial charge in [-0.1, -0.05) is 12.8 Å². The molecule has 0 bridgehead atoms. The van der Waals surface area contributed by atoms with E-state index in [9.17, 15) is 4.79 Å². The molecule has 3 fully saturated rings. The highest BCUT2D eigenvalue weighted by molar-refractivity contribution is 7.11. The molecule has 0 N–H and O–H groups in total. The van der Waals surface area contributed by atoms with Crippen LogP contribution in [-0.2, 0) is 4.74 Å². The van der Waals surface area contributed by atoms with Gasteiger partial charge in [0.1, 0.15) is 4.88 Å². The fourth-order valence-corrected chi connectivity index (χ4v) is 5.23. The summed E-state index contributed by atoms with van der Waals surface area (Å²) in [5, 5.41) is 0. The van der Waals surface area contributed by atoms with E-state index < -0.39 is 0 Å². The van der Waals surface area contributed by atoms with Crippen LogP contribution in [0.2, 0.25) is 0 Å². The first-order valence-electron chi connectivity index (χ1n) is 8.58. The van der Waals surface area contributed by atoms with Gasteiger partial charge in [0, 0.05) is 31.0 Å². The van der Waals surface area contributed by atoms with Crippen molar-refractivity contribution in [2.45, 2.75) is 50.9 Å². The van der Waals surface area contributed by atoms with Crippen molar-refractivity contribution in [2.24, 2.45) is 5.41 Å². The molecule has 2 saturated heterocycles. The summed E-state index contributed by atoms with van der Waals surface area (Å²) < 4.78 is 5.68. The number of carbonyl (C=O) groups is 1. The Bertz CT molecular complexity index is 545. The number of rotatable bonds is 2. The van der Waals surface area contributed by atoms with Crippen LogP contribution in [0.25, 0.3) is 0 Å². The number of thiazole rings is 1. The van der Waals surface area contributed by atoms with Gasteiger partial charge in [0.25, 0.3) is 5.91 Å². The lowest BCUT2D eigenvalue weighted by Gasteiger charge is -2.32. The highest BCUT2D eigenvalue weighted by atomic mass is 32.1. The second kappa shape index (κ2) is 5.93. The van der Waals surface area contributed by atoms with E-state index in [2.05, 4.69) is 9.88 Å². The molecule has 4 nitrogen and oxygen atoms in total. The predicted molar refractivity (Wildman–Crippen MR) is 86.3 cm³/mol. The SMILES string of the molecule is O=C(c1scnc1C1CCCC1)N1CCC2(CCCOC2)C1. The smallest absolute Gasteiger partial charge is 0.265 e. The fourth-order valence-electron chi connectivity index (χ4n) is 4.39. The Morgan fingerprint density at radius 3 is 2.95 bits per heavy atom. The van der Waals surface area contributed by atoms with Gasteiger partial charge in [-0.25, -0.2) is 4.98 Å². The Morgan fingerprint density at radius 2 is 2.18 bits per heavy atom. The molecule has 2 aliphatic heterocycles. The van der Waals surface area contributed by atoms with Crippen LogP contribution in [0.1, 0.15) is 66.2 Å². The molecule has 0 radical (unpaired) electrons. The zero-order valence-electron chi connectivity index (χ0n) is 13.1. The molecule has 1 aromatic heterocycles. The van der Waals surface area contributed by atoms with Gasteiger partial charge < -0.3 is 9.64 Å². The van der Waals surface area contributed by atoms with Crippen LogP contribution in [0, 0.1) is 5.41 Å². The number of ether oxygens (including phenoxy) is 1. The number of carbonyl (C=O) groups excluding carboxylic acids is 1. The number of amides is 1. The third-order valence-electron chi connectivity index (χ3n) is 5.66. The maximum Gasteiger partial charge on any atom is 0.265 e. The van der Waals surface area contributed by atoms with Gasteiger partial charge in [0.2, 0.25) is 0 Å². The predicted octanol–water partition coefficient (Wildman–Crippen LogP) is 3.44. The van der Waals surface area contributed by atoms with E-state index >= 15 is 0 Å². The summed E-state index contributed by atoms with van der Waals surface area (Å²) >= 11 is 1.53. The molecule has 1 atom stereocenters. The molecule has 120 valence electrons. The van der Waals surface area contributed by atoms with Crippen molar-refractivity contribution < 1.29 is 9.53 Å². The van der Waals surface area contributed by atoms with Crippen LogP contribution in [0.4, 0.5) is 0 Å². The van der Waals surface area contributed by atoms with Crippen LogP contribution in [0.15, 0.2) is 5.51 Å². The Morgan fingerprint density at radius 1 is 1.32 bits per heavy atom. The number of hydrogen-bond acceptors (Lipinski definition) is 4. The van der Waals surface area contributed by atoms with Crippen molar-refractivity contribution in [3.8, 4) is 0 Å². The molecule has 5 heteroatoms. The summed E-state index contributed by atoms with van der Waals surface area (Å²) in [6.07, 6.45) is 8.38. The van der Waals surface area contributed by atoms with Crippen molar-refractivity contribution in [3.63, 3.8) is 0 Å². The largest absolute Gasteiger partial charge is 0.381 e. The third-order valence-corrected chi connectivity index (χ3v) is 6.49. The summed E-state index contributed by atoms with van der Waals surface area (Å²) in [6.45, 7) is 3.46. The summed E-state index contributed by atoms with van der Waals surface area (Å²) in [4.78, 5) is 20.5. The Hall–Kier alpha value is -0.940. The second-order valence-corrected chi connectivity index (χ2v) is 8.04. The second-order valence-electron chi connectivity index (χ2n) is 7.18. The van der Waals surface area contributed by atoms with Gasteiger partial charge in [0.05, 0.1) is 17.8 Å². The average Bonchev–Trinajstić information content (AvgIpc) is 3.28. The van der Waals surface area contributed by atoms with Crippen molar-refractivity contribution >= 4 is 17.2 Å². The van der Waals surface area contributed by atoms with E-state index in [4.69, 9.17) is 4.74 Å². The first-order chi connectivity index (χ1) is 10.8. The molecule has 1 amide bonds. The molecule has 3 heterocycles. The minimum Gasteiger partial charge on any atom is -0.381 e. The topological polar surface area (TPSA) is 42.4 Å². The average molecular weight is 320 g/mol. The summed E-state index contributed by atoms with van der Waals surface area (Å²) in [5.74, 6) is 0.728. The first-order valence-corrected chi connectivity index (χ1v) is 9.46. The van der Waals surface area contributed by atoms with Crippen molar-refractivity contribution in [3.05, 3.63) is 16.1 Å². The van der Waals surface area contributed by atoms with Crippen LogP contribution in [-0.4, -0.2) is 42.1 Å². The quantitative estimate of drug-likeness (QED) is 0.838. The maximum atomic E-state index is 13.0. The first kappa shape index (κ1) is 14.6. The van der Waals surface area contributed by atoms with E-state index in [1.54, 1.807) is 0 Å². The lowest BCUT2D eigenvalue weighted by molar-refractivity contribution is -0.00158. The number of likely N-dealkylation sites (tertiary alicyclic amines) is 1. The standard InChI is InChI=1S/C17H24N2O2S/c20-16(15-14(18-12-22-15)13-4-1-2-5-13)19-8-7-17(10-19)6-3-9-21-11-17/h12-13H,1-11H2. The van der Waals surface area contributed by atoms with Crippen LogP contribution < -0.4 is 0 Å². The van der Waals surface area contributed by atoms with Gasteiger partial charge in [-0.2, -0.15) is 0 Å². The summed E-state index contributed by atoms with van der Waals surface area (Å²) in [5.41, 5.74) is 3.16. The molecule has 1 spiro atoms. The lowest BCUT2D eigenvalue weighted by Crippen LogP contribution is -2.37. The maximum absolute atomic E-state index is 13.0. The van der Waals surface area contributed by atoms with Crippen LogP contribution >= 0.6 is 11.3 Å². The van der Waals surface area contributed by atoms with Crippen molar-refractivity contribution in [2.75, 3.05) is 26.3 Å². The normalized spacial score (nSPS) is 29.5.